The lowest BCUT2D eigenvalue weighted by molar-refractivity contribution is 0.0462. The number of ketones is 1. The Kier molecular flexibility index (Phi) is 5.91. The number of aromatic nitrogens is 3. The normalized spacial score (nSPS) is 10.6. The van der Waals surface area contributed by atoms with Gasteiger partial charge in [-0.05, 0) is 48.9 Å². The first kappa shape index (κ1) is 20.5. The second-order valence-electron chi connectivity index (χ2n) is 6.88. The van der Waals surface area contributed by atoms with E-state index in [9.17, 15) is 9.59 Å². The lowest BCUT2D eigenvalue weighted by Gasteiger charge is -2.06. The molecule has 0 atom stereocenters. The molecule has 1 heterocycles. The average molecular weight is 432 g/mol. The number of benzene rings is 3. The van der Waals surface area contributed by atoms with Gasteiger partial charge in [-0.1, -0.05) is 54.1 Å². The number of hydrogen-bond acceptors (Lipinski definition) is 5. The van der Waals surface area contributed by atoms with Gasteiger partial charge >= 0.3 is 5.97 Å². The molecule has 7 heteroatoms. The van der Waals surface area contributed by atoms with Crippen LogP contribution in [0.25, 0.3) is 17.1 Å². The zero-order chi connectivity index (χ0) is 21.8. The van der Waals surface area contributed by atoms with Crippen LogP contribution in [0.2, 0.25) is 5.02 Å². The first-order chi connectivity index (χ1) is 15.0. The molecule has 0 bridgehead atoms. The van der Waals surface area contributed by atoms with Gasteiger partial charge in [0.25, 0.3) is 5.82 Å². The van der Waals surface area contributed by atoms with Crippen LogP contribution in [0.5, 0.6) is 0 Å². The summed E-state index contributed by atoms with van der Waals surface area (Å²) in [5.74, 6) is -0.744. The molecule has 154 valence electrons. The van der Waals surface area contributed by atoms with E-state index >= 15 is 0 Å². The van der Waals surface area contributed by atoms with E-state index in [-0.39, 0.29) is 11.6 Å². The topological polar surface area (TPSA) is 74.1 Å². The quantitative estimate of drug-likeness (QED) is 0.319. The number of hydrogen-bond donors (Lipinski definition) is 0. The molecule has 0 amide bonds. The maximum Gasteiger partial charge on any atom is 0.378 e. The fourth-order valence-electron chi connectivity index (χ4n) is 3.03. The van der Waals surface area contributed by atoms with Crippen molar-refractivity contribution < 1.29 is 14.3 Å². The number of carbonyl (C=O) groups excluding carboxylic acids is 2. The van der Waals surface area contributed by atoms with E-state index in [0.717, 1.165) is 16.8 Å². The maximum atomic E-state index is 12.6. The zero-order valence-electron chi connectivity index (χ0n) is 16.7. The summed E-state index contributed by atoms with van der Waals surface area (Å²) in [6.07, 6.45) is 0. The average Bonchev–Trinajstić information content (AvgIpc) is 3.24. The molecule has 4 aromatic rings. The number of ether oxygens (including phenoxy) is 1. The number of rotatable bonds is 6. The summed E-state index contributed by atoms with van der Waals surface area (Å²) in [4.78, 5) is 29.2. The first-order valence-electron chi connectivity index (χ1n) is 9.57. The molecule has 0 aliphatic heterocycles. The maximum absolute atomic E-state index is 12.6. The van der Waals surface area contributed by atoms with E-state index < -0.39 is 12.6 Å². The number of Topliss-reactive ketones (excluding diaryl/α,β-unsaturated/α-hetero) is 1. The van der Waals surface area contributed by atoms with E-state index in [0.29, 0.717) is 16.4 Å². The Morgan fingerprint density at radius 2 is 1.71 bits per heavy atom. The van der Waals surface area contributed by atoms with E-state index in [2.05, 4.69) is 10.1 Å². The van der Waals surface area contributed by atoms with Gasteiger partial charge in [-0.2, -0.15) is 0 Å². The van der Waals surface area contributed by atoms with Crippen molar-refractivity contribution in [2.24, 2.45) is 0 Å². The van der Waals surface area contributed by atoms with Gasteiger partial charge in [-0.3, -0.25) is 4.79 Å². The minimum Gasteiger partial charge on any atom is -0.451 e. The van der Waals surface area contributed by atoms with E-state index in [1.165, 1.54) is 0 Å². The molecule has 0 fully saturated rings. The monoisotopic (exact) mass is 431 g/mol. The number of esters is 1. The minimum atomic E-state index is -0.772. The zero-order valence-corrected chi connectivity index (χ0v) is 17.4. The largest absolute Gasteiger partial charge is 0.451 e. The Balaban J connectivity index is 1.63. The third-order valence-corrected chi connectivity index (χ3v) is 4.82. The highest BCUT2D eigenvalue weighted by atomic mass is 35.5. The second kappa shape index (κ2) is 8.93. The Hall–Kier alpha value is -3.77. The Morgan fingerprint density at radius 1 is 0.968 bits per heavy atom. The standard InChI is InChI=1S/C24H18ClN3O3/c1-16-6-5-9-20(14-16)28-23(18-10-12-19(25)13-11-18)26-22(27-28)24(30)31-15-21(29)17-7-3-2-4-8-17/h2-14H,15H2,1H3. The SMILES string of the molecule is Cc1cccc(-n2nc(C(=O)OCC(=O)c3ccccc3)nc2-c2ccc(Cl)cc2)c1. The highest BCUT2D eigenvalue weighted by Gasteiger charge is 2.21. The second-order valence-corrected chi connectivity index (χ2v) is 7.32. The fourth-order valence-corrected chi connectivity index (χ4v) is 3.15. The summed E-state index contributed by atoms with van der Waals surface area (Å²) in [5, 5.41) is 4.95. The molecule has 0 radical (unpaired) electrons. The number of halogens is 1. The van der Waals surface area contributed by atoms with Gasteiger partial charge in [-0.15, -0.1) is 5.10 Å². The molecule has 0 spiro atoms. The molecule has 0 unspecified atom stereocenters. The minimum absolute atomic E-state index is 0.132. The van der Waals surface area contributed by atoms with Crippen LogP contribution in [0.1, 0.15) is 26.5 Å². The smallest absolute Gasteiger partial charge is 0.378 e. The predicted octanol–water partition coefficient (Wildman–Crippen LogP) is 4.94. The highest BCUT2D eigenvalue weighted by Crippen LogP contribution is 2.23. The lowest BCUT2D eigenvalue weighted by atomic mass is 10.1. The van der Waals surface area contributed by atoms with Crippen LogP contribution in [0.15, 0.2) is 78.9 Å². The van der Waals surface area contributed by atoms with Gasteiger partial charge in [0.2, 0.25) is 0 Å². The number of carbonyl (C=O) groups is 2. The van der Waals surface area contributed by atoms with Crippen molar-refractivity contribution in [1.29, 1.82) is 0 Å². The molecule has 31 heavy (non-hydrogen) atoms. The third-order valence-electron chi connectivity index (χ3n) is 4.57. The molecule has 6 nitrogen and oxygen atoms in total. The summed E-state index contributed by atoms with van der Waals surface area (Å²) in [7, 11) is 0. The van der Waals surface area contributed by atoms with Crippen molar-refractivity contribution in [3.8, 4) is 17.1 Å². The fraction of sp³-hybridized carbons (Fsp3) is 0.0833. The van der Waals surface area contributed by atoms with Crippen molar-refractivity contribution in [2.75, 3.05) is 6.61 Å². The van der Waals surface area contributed by atoms with Gasteiger partial charge < -0.3 is 4.74 Å². The van der Waals surface area contributed by atoms with Gasteiger partial charge in [0, 0.05) is 16.1 Å². The van der Waals surface area contributed by atoms with Crippen LogP contribution in [0, 0.1) is 6.92 Å². The van der Waals surface area contributed by atoms with Crippen LogP contribution in [0.3, 0.4) is 0 Å². The number of aryl methyl sites for hydroxylation is 1. The first-order valence-corrected chi connectivity index (χ1v) is 9.94. The summed E-state index contributed by atoms with van der Waals surface area (Å²) in [5.41, 5.74) is 2.98. The molecule has 0 aliphatic rings. The van der Waals surface area contributed by atoms with Crippen molar-refractivity contribution in [3.05, 3.63) is 101 Å². The predicted molar refractivity (Wildman–Crippen MR) is 118 cm³/mol. The molecular weight excluding hydrogens is 414 g/mol. The van der Waals surface area contributed by atoms with Crippen molar-refractivity contribution in [3.63, 3.8) is 0 Å². The molecule has 4 rings (SSSR count). The van der Waals surface area contributed by atoms with E-state index in [1.54, 1.807) is 53.2 Å². The molecule has 0 N–H and O–H groups in total. The van der Waals surface area contributed by atoms with E-state index in [4.69, 9.17) is 16.3 Å². The van der Waals surface area contributed by atoms with Crippen LogP contribution in [-0.2, 0) is 4.74 Å². The van der Waals surface area contributed by atoms with Gasteiger partial charge in [0.15, 0.2) is 18.2 Å². The summed E-state index contributed by atoms with van der Waals surface area (Å²) in [6.45, 7) is 1.57. The van der Waals surface area contributed by atoms with Crippen LogP contribution < -0.4 is 0 Å². The van der Waals surface area contributed by atoms with Crippen molar-refractivity contribution in [1.82, 2.24) is 14.8 Å². The summed E-state index contributed by atoms with van der Waals surface area (Å²) in [6, 6.07) is 23.4. The van der Waals surface area contributed by atoms with E-state index in [1.807, 2.05) is 37.3 Å². The van der Waals surface area contributed by atoms with Gasteiger partial charge in [0.05, 0.1) is 5.69 Å². The molecule has 0 saturated carbocycles. The summed E-state index contributed by atoms with van der Waals surface area (Å²) < 4.78 is 6.75. The Morgan fingerprint density at radius 3 is 2.42 bits per heavy atom. The van der Waals surface area contributed by atoms with Crippen LogP contribution in [0.4, 0.5) is 0 Å². The summed E-state index contributed by atoms with van der Waals surface area (Å²) >= 11 is 6.00. The van der Waals surface area contributed by atoms with Crippen molar-refractivity contribution in [2.45, 2.75) is 6.92 Å². The molecule has 0 aliphatic carbocycles. The van der Waals surface area contributed by atoms with Crippen molar-refractivity contribution >= 4 is 23.4 Å². The molecule has 1 aromatic heterocycles. The van der Waals surface area contributed by atoms with Gasteiger partial charge in [0.1, 0.15) is 0 Å². The Labute approximate surface area is 184 Å². The molecule has 3 aromatic carbocycles. The number of nitrogens with zero attached hydrogens (tertiary/aromatic N) is 3. The molecular formula is C24H18ClN3O3. The Bertz CT molecular complexity index is 1230. The lowest BCUT2D eigenvalue weighted by Crippen LogP contribution is -2.15. The van der Waals surface area contributed by atoms with Crippen LogP contribution >= 0.6 is 11.6 Å². The highest BCUT2D eigenvalue weighted by molar-refractivity contribution is 6.30. The third kappa shape index (κ3) is 4.70. The van der Waals surface area contributed by atoms with Crippen LogP contribution in [-0.4, -0.2) is 33.1 Å². The molecule has 0 saturated heterocycles. The van der Waals surface area contributed by atoms with Gasteiger partial charge in [-0.25, -0.2) is 14.5 Å².